The molecule has 13 heavy (non-hydrogen) atoms. The molecule has 5 heteroatoms. The number of aryl methyl sites for hydroxylation is 2. The second kappa shape index (κ2) is 7.42. The van der Waals surface area contributed by atoms with Crippen LogP contribution < -0.4 is 6.95 Å². The molecule has 0 unspecified atom stereocenters. The average molecular weight is 364 g/mol. The van der Waals surface area contributed by atoms with E-state index in [1.165, 1.54) is 18.9 Å². The topological polar surface area (TPSA) is 26.0 Å². The summed E-state index contributed by atoms with van der Waals surface area (Å²) in [6.07, 6.45) is 0. The molecule has 0 amide bonds. The van der Waals surface area contributed by atoms with Gasteiger partial charge < -0.3 is 0 Å². The standard InChI is InChI=1S/C8H8Br.2ClH.H2N.Zr/c1-6-3-7(2)5-8(9)4-6;;;;/h3-4H,1-2H3;2*1H;1H2;/q;;;-1;+1. The minimum Gasteiger partial charge on any atom is -0.147 e. The Labute approximate surface area is 112 Å². The van der Waals surface area contributed by atoms with Gasteiger partial charge >= 0.3 is 88.0 Å². The van der Waals surface area contributed by atoms with Gasteiger partial charge in [-0.3, -0.25) is 0 Å². The number of rotatable bonds is 1. The van der Waals surface area contributed by atoms with Gasteiger partial charge in [-0.2, -0.15) is 0 Å². The first-order chi connectivity index (χ1) is 5.15. The molecule has 0 radical (unpaired) electrons. The summed E-state index contributed by atoms with van der Waals surface area (Å²) in [5.74, 6) is 0. The molecule has 0 bridgehead atoms. The Hall–Kier alpha value is 1.12. The van der Waals surface area contributed by atoms with Crippen molar-refractivity contribution in [2.45, 2.75) is 13.8 Å². The van der Waals surface area contributed by atoms with E-state index in [2.05, 4.69) is 41.9 Å². The first-order valence-electron chi connectivity index (χ1n) is 3.38. The molecule has 0 aliphatic heterocycles. The Morgan fingerprint density at radius 1 is 1.23 bits per heavy atom. The molecule has 0 saturated carbocycles. The third kappa shape index (κ3) is 4.44. The Balaban J connectivity index is 0. The molecule has 1 nitrogen and oxygen atoms in total. The molecule has 0 saturated heterocycles. The largest absolute Gasteiger partial charge is 0.147 e. The van der Waals surface area contributed by atoms with Gasteiger partial charge in [0.15, 0.2) is 0 Å². The van der Waals surface area contributed by atoms with Gasteiger partial charge in [-0.25, -0.2) is 0 Å². The van der Waals surface area contributed by atoms with Gasteiger partial charge in [0.1, 0.15) is 0 Å². The van der Waals surface area contributed by atoms with Crippen molar-refractivity contribution in [3.63, 3.8) is 0 Å². The molecule has 0 heterocycles. The van der Waals surface area contributed by atoms with Crippen LogP contribution >= 0.6 is 40.7 Å². The van der Waals surface area contributed by atoms with E-state index in [9.17, 15) is 0 Å². The van der Waals surface area contributed by atoms with Crippen LogP contribution in [0.2, 0.25) is 0 Å². The van der Waals surface area contributed by atoms with Gasteiger partial charge in [0.25, 0.3) is 0 Å². The van der Waals surface area contributed by atoms with E-state index in [0.29, 0.717) is 0 Å². The molecule has 0 aliphatic carbocycles. The van der Waals surface area contributed by atoms with Crippen molar-refractivity contribution in [3.05, 3.63) is 27.7 Å². The number of hydrogen-bond acceptors (Lipinski definition) is 1. The smallest absolute Gasteiger partial charge is 0.147 e. The molecule has 0 aromatic heterocycles. The van der Waals surface area contributed by atoms with E-state index < -0.39 is 23.5 Å². The van der Waals surface area contributed by atoms with Crippen LogP contribution in [-0.2, 0) is 23.5 Å². The monoisotopic (exact) mass is 361 g/mol. The third-order valence-corrected chi connectivity index (χ3v) is 5.44. The quantitative estimate of drug-likeness (QED) is 0.814. The van der Waals surface area contributed by atoms with E-state index in [1.807, 2.05) is 0 Å². The maximum absolute atomic E-state index is 5.74. The molecule has 2 N–H and O–H groups in total. The summed E-state index contributed by atoms with van der Waals surface area (Å²) in [6.45, 7) is 4.23. The van der Waals surface area contributed by atoms with Crippen LogP contribution in [0.4, 0.5) is 0 Å². The zero-order chi connectivity index (χ0) is 8.43. The fraction of sp³-hybridized carbons (Fsp3) is 0.250. The molecule has 0 spiro atoms. The molecule has 1 aromatic carbocycles. The zero-order valence-electron chi connectivity index (χ0n) is 7.43. The Morgan fingerprint density at radius 2 is 1.77 bits per heavy atom. The molecule has 0 aliphatic rings. The molecule has 1 aromatic rings. The van der Waals surface area contributed by atoms with E-state index in [0.717, 1.165) is 0 Å². The predicted octanol–water partition coefficient (Wildman–Crippen LogP) is 2.49. The van der Waals surface area contributed by atoms with E-state index >= 15 is 0 Å². The van der Waals surface area contributed by atoms with Crippen molar-refractivity contribution in [2.75, 3.05) is 0 Å². The van der Waals surface area contributed by atoms with Gasteiger partial charge in [-0.15, -0.1) is 24.8 Å². The van der Waals surface area contributed by atoms with Crippen LogP contribution in [0.15, 0.2) is 16.6 Å². The normalized spacial score (nSPS) is 8.31. The summed E-state index contributed by atoms with van der Waals surface area (Å²) in [6, 6.07) is 4.32. The summed E-state index contributed by atoms with van der Waals surface area (Å²) in [7, 11) is 0. The first kappa shape index (κ1) is 16.5. The van der Waals surface area contributed by atoms with Crippen molar-refractivity contribution in [2.24, 2.45) is 3.68 Å². The van der Waals surface area contributed by atoms with E-state index in [-0.39, 0.29) is 24.8 Å². The van der Waals surface area contributed by atoms with Gasteiger partial charge in [-0.05, 0) is 0 Å². The van der Waals surface area contributed by atoms with Gasteiger partial charge in [0.05, 0.1) is 0 Å². The molecular weight excluding hydrogens is 352 g/mol. The van der Waals surface area contributed by atoms with Crippen LogP contribution in [0.25, 0.3) is 0 Å². The summed E-state index contributed by atoms with van der Waals surface area (Å²) in [4.78, 5) is 0. The number of hydrogen-bond donors (Lipinski definition) is 1. The molecule has 0 fully saturated rings. The molecule has 1 rings (SSSR count). The Kier molecular flexibility index (Phi) is 9.44. The van der Waals surface area contributed by atoms with Crippen LogP contribution in [0, 0.1) is 13.8 Å². The number of halogens is 3. The minimum atomic E-state index is -0.783. The van der Waals surface area contributed by atoms with Crippen LogP contribution in [0.1, 0.15) is 11.1 Å². The first-order valence-corrected chi connectivity index (χ1v) is 6.82. The van der Waals surface area contributed by atoms with Crippen LogP contribution in [0.3, 0.4) is 0 Å². The van der Waals surface area contributed by atoms with Crippen molar-refractivity contribution < 1.29 is 23.5 Å². The summed E-state index contributed by atoms with van der Waals surface area (Å²) < 4.78 is 8.31. The third-order valence-electron chi connectivity index (χ3n) is 1.58. The molecule has 0 atom stereocenters. The molecular formula is C8H12BrCl2NZr. The number of benzene rings is 1. The van der Waals surface area contributed by atoms with E-state index in [1.54, 1.807) is 0 Å². The maximum Gasteiger partial charge on any atom is -0.147 e. The Bertz CT molecular complexity index is 258. The zero-order valence-corrected chi connectivity index (χ0v) is 13.1. The van der Waals surface area contributed by atoms with Crippen molar-refractivity contribution in [3.8, 4) is 0 Å². The number of nitrogens with two attached hydrogens (primary N) is 1. The second-order valence-electron chi connectivity index (χ2n) is 2.58. The Morgan fingerprint density at radius 3 is 2.15 bits per heavy atom. The second-order valence-corrected chi connectivity index (χ2v) is 5.38. The minimum absolute atomic E-state index is 0. The van der Waals surface area contributed by atoms with Crippen LogP contribution in [-0.4, -0.2) is 0 Å². The van der Waals surface area contributed by atoms with Crippen molar-refractivity contribution in [1.82, 2.24) is 0 Å². The fourth-order valence-corrected chi connectivity index (χ4v) is 3.70. The predicted molar refractivity (Wildman–Crippen MR) is 61.9 cm³/mol. The summed E-state index contributed by atoms with van der Waals surface area (Å²) in [5.41, 5.74) is 2.64. The van der Waals surface area contributed by atoms with E-state index in [4.69, 9.17) is 3.68 Å². The fourth-order valence-electron chi connectivity index (χ4n) is 1.10. The van der Waals surface area contributed by atoms with Crippen LogP contribution in [0.5, 0.6) is 0 Å². The van der Waals surface area contributed by atoms with Crippen molar-refractivity contribution in [1.29, 1.82) is 0 Å². The van der Waals surface area contributed by atoms with Crippen molar-refractivity contribution >= 4 is 44.0 Å². The summed E-state index contributed by atoms with van der Waals surface area (Å²) in [5, 5.41) is 0. The SMILES string of the molecule is Cc1cc(C)[c]([Zr][NH2])c(Br)c1.Cl.Cl. The molecule has 74 valence electrons. The van der Waals surface area contributed by atoms with Gasteiger partial charge in [0.2, 0.25) is 0 Å². The average Bonchev–Trinajstić information content (AvgIpc) is 1.85. The van der Waals surface area contributed by atoms with Gasteiger partial charge in [0, 0.05) is 0 Å². The maximum atomic E-state index is 5.74. The van der Waals surface area contributed by atoms with Gasteiger partial charge in [-0.1, -0.05) is 0 Å². The summed E-state index contributed by atoms with van der Waals surface area (Å²) >= 11 is 2.74.